The summed E-state index contributed by atoms with van der Waals surface area (Å²) in [5, 5.41) is 11.3. The first-order chi connectivity index (χ1) is 16.1. The molecule has 13 heteroatoms. The Hall–Kier alpha value is -3.03. The van der Waals surface area contributed by atoms with Crippen LogP contribution in [0.1, 0.15) is 18.4 Å². The Bertz CT molecular complexity index is 1310. The minimum atomic E-state index is -4.69. The van der Waals surface area contributed by atoms with Crippen LogP contribution in [0.3, 0.4) is 0 Å². The normalized spacial score (nSPS) is 17.0. The fourth-order valence-corrected chi connectivity index (χ4v) is 6.04. The van der Waals surface area contributed by atoms with Gasteiger partial charge in [-0.2, -0.15) is 17.5 Å². The number of rotatable bonds is 6. The number of nitrogens with one attached hydrogen (secondary N) is 1. The van der Waals surface area contributed by atoms with Gasteiger partial charge in [0.25, 0.3) is 0 Å². The fraction of sp³-hybridized carbons (Fsp3) is 0.286. The molecule has 0 aliphatic carbocycles. The van der Waals surface area contributed by atoms with Crippen LogP contribution in [-0.4, -0.2) is 48.5 Å². The van der Waals surface area contributed by atoms with E-state index in [-0.39, 0.29) is 18.1 Å². The molecule has 1 unspecified atom stereocenters. The number of halogens is 3. The van der Waals surface area contributed by atoms with Crippen LogP contribution in [0.2, 0.25) is 0 Å². The van der Waals surface area contributed by atoms with Crippen LogP contribution >= 0.6 is 11.3 Å². The number of hydrogen-bond donors (Lipinski definition) is 1. The Morgan fingerprint density at radius 2 is 1.94 bits per heavy atom. The van der Waals surface area contributed by atoms with Gasteiger partial charge in [0.05, 0.1) is 17.6 Å². The van der Waals surface area contributed by atoms with Crippen molar-refractivity contribution in [1.82, 2.24) is 14.5 Å². The smallest absolute Gasteiger partial charge is 0.416 e. The van der Waals surface area contributed by atoms with Crippen LogP contribution in [0.15, 0.2) is 53.4 Å². The van der Waals surface area contributed by atoms with Crippen molar-refractivity contribution < 1.29 is 31.1 Å². The predicted molar refractivity (Wildman–Crippen MR) is 119 cm³/mol. The molecular formula is C21H19F3N4O4S2. The van der Waals surface area contributed by atoms with E-state index in [2.05, 4.69) is 15.5 Å². The quantitative estimate of drug-likeness (QED) is 0.535. The summed E-state index contributed by atoms with van der Waals surface area (Å²) in [4.78, 5) is 12.4. The molecule has 4 rings (SSSR count). The van der Waals surface area contributed by atoms with Crippen LogP contribution < -0.4 is 10.1 Å². The van der Waals surface area contributed by atoms with Gasteiger partial charge in [-0.05, 0) is 43.2 Å². The van der Waals surface area contributed by atoms with Crippen molar-refractivity contribution in [2.75, 3.05) is 19.0 Å². The number of hydrogen-bond acceptors (Lipinski definition) is 7. The van der Waals surface area contributed by atoms with Crippen LogP contribution in [0.4, 0.5) is 18.3 Å². The van der Waals surface area contributed by atoms with Crippen LogP contribution in [0, 0.1) is 0 Å². The monoisotopic (exact) mass is 512 g/mol. The van der Waals surface area contributed by atoms with E-state index in [9.17, 15) is 26.4 Å². The summed E-state index contributed by atoms with van der Waals surface area (Å²) >= 11 is 1.10. The number of amides is 1. The maximum atomic E-state index is 13.1. The number of nitrogens with zero attached hydrogens (tertiary/aromatic N) is 3. The highest BCUT2D eigenvalue weighted by Gasteiger charge is 2.40. The van der Waals surface area contributed by atoms with Crippen molar-refractivity contribution in [3.63, 3.8) is 0 Å². The van der Waals surface area contributed by atoms with Crippen molar-refractivity contribution >= 4 is 32.4 Å². The summed E-state index contributed by atoms with van der Waals surface area (Å²) in [7, 11) is -2.79. The Labute approximate surface area is 197 Å². The molecule has 1 N–H and O–H groups in total. The molecule has 1 aliphatic heterocycles. The van der Waals surface area contributed by atoms with Gasteiger partial charge in [-0.15, -0.1) is 10.2 Å². The van der Waals surface area contributed by atoms with Gasteiger partial charge < -0.3 is 4.74 Å². The molecular weight excluding hydrogens is 493 g/mol. The highest BCUT2D eigenvalue weighted by molar-refractivity contribution is 7.89. The van der Waals surface area contributed by atoms with E-state index in [4.69, 9.17) is 4.74 Å². The van der Waals surface area contributed by atoms with E-state index in [1.165, 1.54) is 7.11 Å². The minimum absolute atomic E-state index is 0.0157. The van der Waals surface area contributed by atoms with Crippen molar-refractivity contribution in [3.05, 3.63) is 54.1 Å². The number of aromatic nitrogens is 2. The predicted octanol–water partition coefficient (Wildman–Crippen LogP) is 4.02. The van der Waals surface area contributed by atoms with Crippen molar-refractivity contribution in [3.8, 4) is 16.3 Å². The maximum absolute atomic E-state index is 13.1. The molecule has 8 nitrogen and oxygen atoms in total. The topological polar surface area (TPSA) is 101 Å². The third-order valence-corrected chi connectivity index (χ3v) is 8.04. The van der Waals surface area contributed by atoms with E-state index in [0.29, 0.717) is 23.2 Å². The number of carbonyl (C=O) groups excluding carboxylic acids is 1. The average molecular weight is 513 g/mol. The highest BCUT2D eigenvalue weighted by Crippen LogP contribution is 2.34. The number of benzene rings is 2. The largest absolute Gasteiger partial charge is 0.497 e. The number of carbonyl (C=O) groups is 1. The summed E-state index contributed by atoms with van der Waals surface area (Å²) in [6.07, 6.45) is -4.07. The number of ether oxygens (including phenoxy) is 1. The Balaban J connectivity index is 1.52. The maximum Gasteiger partial charge on any atom is 0.416 e. The first kappa shape index (κ1) is 24.1. The van der Waals surface area contributed by atoms with E-state index in [1.807, 2.05) is 0 Å². The fourth-order valence-electron chi connectivity index (χ4n) is 3.59. The Morgan fingerprint density at radius 3 is 2.68 bits per heavy atom. The Morgan fingerprint density at radius 1 is 1.18 bits per heavy atom. The molecule has 1 aliphatic rings. The first-order valence-electron chi connectivity index (χ1n) is 10.1. The molecule has 0 radical (unpaired) electrons. The molecule has 180 valence electrons. The molecule has 2 aromatic carbocycles. The zero-order chi connectivity index (χ0) is 24.5. The lowest BCUT2D eigenvalue weighted by Crippen LogP contribution is -2.43. The molecule has 3 aromatic rings. The van der Waals surface area contributed by atoms with Crippen molar-refractivity contribution in [2.45, 2.75) is 30.0 Å². The average Bonchev–Trinajstić information content (AvgIpc) is 3.49. The summed E-state index contributed by atoms with van der Waals surface area (Å²) < 4.78 is 71.4. The standard InChI is InChI=1S/C21H19F3N4O4S2/c1-32-15-7-2-5-13(11-15)19-26-27-20(33-19)25-18(29)17-9-4-10-28(17)34(30,31)16-8-3-6-14(12-16)21(22,23)24/h2-3,5-8,11-12,17H,4,9-10H2,1H3,(H,25,27,29). The van der Waals surface area contributed by atoms with Crippen molar-refractivity contribution in [2.24, 2.45) is 0 Å². The van der Waals surface area contributed by atoms with Gasteiger partial charge in [-0.25, -0.2) is 8.42 Å². The van der Waals surface area contributed by atoms with Gasteiger partial charge in [0, 0.05) is 12.1 Å². The number of anilines is 1. The lowest BCUT2D eigenvalue weighted by atomic mass is 10.2. The number of sulfonamides is 1. The Kier molecular flexibility index (Phi) is 6.60. The second kappa shape index (κ2) is 9.31. The molecule has 0 bridgehead atoms. The third-order valence-electron chi connectivity index (χ3n) is 5.25. The molecule has 0 saturated carbocycles. The second-order valence-electron chi connectivity index (χ2n) is 7.43. The highest BCUT2D eigenvalue weighted by atomic mass is 32.2. The van der Waals surface area contributed by atoms with Gasteiger partial charge in [0.2, 0.25) is 21.1 Å². The lowest BCUT2D eigenvalue weighted by molar-refractivity contribution is -0.137. The van der Waals surface area contributed by atoms with E-state index in [1.54, 1.807) is 24.3 Å². The first-order valence-corrected chi connectivity index (χ1v) is 12.3. The summed E-state index contributed by atoms with van der Waals surface area (Å²) in [6.45, 7) is 0.0157. The van der Waals surface area contributed by atoms with E-state index in [0.717, 1.165) is 39.4 Å². The molecule has 0 spiro atoms. The molecule has 2 heterocycles. The molecule has 1 amide bonds. The summed E-state index contributed by atoms with van der Waals surface area (Å²) in [6, 6.07) is 9.52. The minimum Gasteiger partial charge on any atom is -0.497 e. The zero-order valence-electron chi connectivity index (χ0n) is 17.7. The van der Waals surface area contributed by atoms with Gasteiger partial charge in [0.1, 0.15) is 16.8 Å². The second-order valence-corrected chi connectivity index (χ2v) is 10.3. The molecule has 34 heavy (non-hydrogen) atoms. The third kappa shape index (κ3) is 4.91. The number of alkyl halides is 3. The van der Waals surface area contributed by atoms with Crippen LogP contribution in [0.25, 0.3) is 10.6 Å². The van der Waals surface area contributed by atoms with Gasteiger partial charge in [-0.3, -0.25) is 10.1 Å². The lowest BCUT2D eigenvalue weighted by Gasteiger charge is -2.23. The number of methoxy groups -OCH3 is 1. The van der Waals surface area contributed by atoms with Gasteiger partial charge in [0.15, 0.2) is 0 Å². The van der Waals surface area contributed by atoms with E-state index >= 15 is 0 Å². The summed E-state index contributed by atoms with van der Waals surface area (Å²) in [5.41, 5.74) is -0.348. The van der Waals surface area contributed by atoms with Crippen molar-refractivity contribution in [1.29, 1.82) is 0 Å². The SMILES string of the molecule is COc1cccc(-c2nnc(NC(=O)C3CCCN3S(=O)(=O)c3cccc(C(F)(F)F)c3)s2)c1. The molecule has 1 saturated heterocycles. The van der Waals surface area contributed by atoms with Gasteiger partial charge in [-0.1, -0.05) is 29.5 Å². The molecule has 1 aromatic heterocycles. The van der Waals surface area contributed by atoms with Crippen LogP contribution in [-0.2, 0) is 21.0 Å². The summed E-state index contributed by atoms with van der Waals surface area (Å²) in [5.74, 6) is 0.000996. The molecule has 1 atom stereocenters. The van der Waals surface area contributed by atoms with E-state index < -0.39 is 38.6 Å². The van der Waals surface area contributed by atoms with Gasteiger partial charge >= 0.3 is 6.18 Å². The van der Waals surface area contributed by atoms with Crippen LogP contribution in [0.5, 0.6) is 5.75 Å². The zero-order valence-corrected chi connectivity index (χ0v) is 19.4. The molecule has 1 fully saturated rings.